The second-order valence-electron chi connectivity index (χ2n) is 13.1. The van der Waals surface area contributed by atoms with Crippen molar-refractivity contribution in [3.8, 4) is 39.7 Å². The monoisotopic (exact) mass is 721 g/mol. The fourth-order valence-corrected chi connectivity index (χ4v) is 7.65. The lowest BCUT2D eigenvalue weighted by Crippen LogP contribution is -2.16. The lowest BCUT2D eigenvalue weighted by atomic mass is 10.00. The number of para-hydroxylation sites is 2. The fourth-order valence-electron chi connectivity index (χ4n) is 7.65. The normalized spacial score (nSPS) is 12.2. The first kappa shape index (κ1) is 33.1. The van der Waals surface area contributed by atoms with Crippen molar-refractivity contribution in [2.24, 2.45) is 0 Å². The van der Waals surface area contributed by atoms with Crippen molar-refractivity contribution in [2.45, 2.75) is 12.4 Å². The van der Waals surface area contributed by atoms with Gasteiger partial charge in [-0.1, -0.05) is 115 Å². The van der Waals surface area contributed by atoms with Gasteiger partial charge in [-0.2, -0.15) is 31.6 Å². The van der Waals surface area contributed by atoms with Crippen LogP contribution in [0, 0.1) is 11.3 Å². The highest BCUT2D eigenvalue weighted by molar-refractivity contribution is 6.24. The molecule has 0 aliphatic heterocycles. The molecule has 54 heavy (non-hydrogen) atoms. The molecule has 0 saturated heterocycles. The summed E-state index contributed by atoms with van der Waals surface area (Å²) in [5, 5.41) is 12.9. The molecule has 3 nitrogen and oxygen atoms in total. The third-order valence-corrected chi connectivity index (χ3v) is 9.99. The first-order valence-corrected chi connectivity index (χ1v) is 17.0. The molecule has 2 heterocycles. The van der Waals surface area contributed by atoms with Crippen LogP contribution in [-0.2, 0) is 12.4 Å². The van der Waals surface area contributed by atoms with Gasteiger partial charge in [-0.15, -0.1) is 0 Å². The number of hydrogen-bond donors (Lipinski definition) is 0. The minimum atomic E-state index is -5.23. The van der Waals surface area contributed by atoms with Crippen molar-refractivity contribution in [1.82, 2.24) is 9.13 Å². The van der Waals surface area contributed by atoms with Gasteiger partial charge in [0.2, 0.25) is 0 Å². The number of hydrogen-bond acceptors (Lipinski definition) is 1. The summed E-state index contributed by atoms with van der Waals surface area (Å²) in [5.41, 5.74) is 2.15. The Balaban J connectivity index is 1.38. The van der Waals surface area contributed by atoms with Gasteiger partial charge < -0.3 is 9.13 Å². The molecule has 0 atom stereocenters. The molecule has 9 rings (SSSR count). The maximum atomic E-state index is 15.0. The smallest absolute Gasteiger partial charge is 0.307 e. The Hall–Kier alpha value is -6.79. The van der Waals surface area contributed by atoms with E-state index in [9.17, 15) is 31.6 Å². The van der Waals surface area contributed by atoms with Gasteiger partial charge in [0.05, 0.1) is 44.4 Å². The zero-order valence-electron chi connectivity index (χ0n) is 28.0. The number of benzene rings is 7. The lowest BCUT2D eigenvalue weighted by Gasteiger charge is -2.20. The van der Waals surface area contributed by atoms with Crippen molar-refractivity contribution in [2.75, 3.05) is 0 Å². The summed E-state index contributed by atoms with van der Waals surface area (Å²) >= 11 is 0. The Morgan fingerprint density at radius 3 is 1.56 bits per heavy atom. The second kappa shape index (κ2) is 12.1. The molecule has 2 aromatic heterocycles. The van der Waals surface area contributed by atoms with Crippen molar-refractivity contribution in [3.63, 3.8) is 0 Å². The van der Waals surface area contributed by atoms with Crippen LogP contribution in [0.25, 0.3) is 77.2 Å². The van der Waals surface area contributed by atoms with Crippen LogP contribution >= 0.6 is 0 Å². The highest BCUT2D eigenvalue weighted by Gasteiger charge is 2.41. The van der Waals surface area contributed by atoms with Crippen LogP contribution in [0.2, 0.25) is 0 Å². The molecule has 0 amide bonds. The highest BCUT2D eigenvalue weighted by Crippen LogP contribution is 2.46. The molecule has 7 aromatic carbocycles. The first-order valence-electron chi connectivity index (χ1n) is 17.0. The van der Waals surface area contributed by atoms with E-state index in [4.69, 9.17) is 0 Å². The van der Waals surface area contributed by atoms with Gasteiger partial charge in [-0.05, 0) is 58.7 Å². The predicted octanol–water partition coefficient (Wildman–Crippen LogP) is 13.1. The van der Waals surface area contributed by atoms with Crippen molar-refractivity contribution in [1.29, 1.82) is 5.26 Å². The van der Waals surface area contributed by atoms with E-state index in [0.717, 1.165) is 44.2 Å². The fraction of sp³-hybridized carbons (Fsp3) is 0.0444. The summed E-state index contributed by atoms with van der Waals surface area (Å²) < 4.78 is 90.2. The molecule has 0 aliphatic rings. The zero-order chi connectivity index (χ0) is 37.4. The Morgan fingerprint density at radius 1 is 0.444 bits per heavy atom. The molecule has 9 aromatic rings. The Morgan fingerprint density at radius 2 is 0.963 bits per heavy atom. The van der Waals surface area contributed by atoms with E-state index in [1.54, 1.807) is 30.3 Å². The highest BCUT2D eigenvalue weighted by atomic mass is 19.4. The van der Waals surface area contributed by atoms with Gasteiger partial charge in [-0.3, -0.25) is 0 Å². The van der Waals surface area contributed by atoms with E-state index in [0.29, 0.717) is 33.4 Å². The lowest BCUT2D eigenvalue weighted by molar-refractivity contribution is -0.143. The third kappa shape index (κ3) is 5.21. The molecule has 0 N–H and O–H groups in total. The van der Waals surface area contributed by atoms with Crippen LogP contribution in [0.3, 0.4) is 0 Å². The Bertz CT molecular complexity index is 2960. The molecule has 0 fully saturated rings. The molecule has 0 bridgehead atoms. The summed E-state index contributed by atoms with van der Waals surface area (Å²) in [6.45, 7) is 0. The van der Waals surface area contributed by atoms with E-state index < -0.39 is 34.7 Å². The molecule has 0 aliphatic carbocycles. The van der Waals surface area contributed by atoms with Gasteiger partial charge >= 0.3 is 12.4 Å². The van der Waals surface area contributed by atoms with Gasteiger partial charge in [0, 0.05) is 27.2 Å². The standard InChI is InChI=1S/C45H25F6N3/c46-44(47,48)32-23-31(26-52)41(38(25-32)45(49,50)51)54-40-16-7-5-14-35(40)37-22-21-36-34-13-4-6-15-39(34)53(42(36)43(37)54)33-12-8-11-30(24-33)29-19-17-28(18-20-29)27-9-2-1-3-10-27/h1-25H. The van der Waals surface area contributed by atoms with Crippen molar-refractivity contribution in [3.05, 3.63) is 168 Å². The zero-order valence-corrected chi connectivity index (χ0v) is 28.0. The van der Waals surface area contributed by atoms with E-state index >= 15 is 0 Å². The number of rotatable bonds is 4. The van der Waals surface area contributed by atoms with Crippen LogP contribution in [-0.4, -0.2) is 9.13 Å². The molecular formula is C45H25F6N3. The molecule has 0 saturated carbocycles. The van der Waals surface area contributed by atoms with E-state index in [-0.39, 0.29) is 6.07 Å². The number of nitrogens with zero attached hydrogens (tertiary/aromatic N) is 3. The maximum absolute atomic E-state index is 15.0. The maximum Gasteiger partial charge on any atom is 0.418 e. The van der Waals surface area contributed by atoms with Crippen LogP contribution in [0.1, 0.15) is 16.7 Å². The number of alkyl halides is 6. The summed E-state index contributed by atoms with van der Waals surface area (Å²) in [5.74, 6) is 0. The summed E-state index contributed by atoms with van der Waals surface area (Å²) in [4.78, 5) is 0. The minimum absolute atomic E-state index is 0.0962. The van der Waals surface area contributed by atoms with Crippen LogP contribution < -0.4 is 0 Å². The van der Waals surface area contributed by atoms with Crippen LogP contribution in [0.5, 0.6) is 0 Å². The summed E-state index contributed by atoms with van der Waals surface area (Å²) in [7, 11) is 0. The molecular weight excluding hydrogens is 697 g/mol. The van der Waals surface area contributed by atoms with E-state index in [1.807, 2.05) is 108 Å². The summed E-state index contributed by atoms with van der Waals surface area (Å²) in [6, 6.07) is 46.4. The second-order valence-corrected chi connectivity index (χ2v) is 13.1. The average molecular weight is 722 g/mol. The quantitative estimate of drug-likeness (QED) is 0.167. The molecule has 262 valence electrons. The molecule has 0 unspecified atom stereocenters. The predicted molar refractivity (Wildman–Crippen MR) is 201 cm³/mol. The Kier molecular flexibility index (Phi) is 7.43. The Labute approximate surface area is 304 Å². The van der Waals surface area contributed by atoms with E-state index in [2.05, 4.69) is 12.1 Å². The van der Waals surface area contributed by atoms with Crippen LogP contribution in [0.4, 0.5) is 26.3 Å². The van der Waals surface area contributed by atoms with E-state index in [1.165, 1.54) is 4.57 Å². The topological polar surface area (TPSA) is 33.6 Å². The van der Waals surface area contributed by atoms with Gasteiger partial charge in [0.25, 0.3) is 0 Å². The summed E-state index contributed by atoms with van der Waals surface area (Å²) in [6.07, 6.45) is -10.3. The van der Waals surface area contributed by atoms with Gasteiger partial charge in [0.15, 0.2) is 0 Å². The minimum Gasteiger partial charge on any atom is -0.307 e. The third-order valence-electron chi connectivity index (χ3n) is 9.99. The van der Waals surface area contributed by atoms with Crippen LogP contribution in [0.15, 0.2) is 152 Å². The first-order chi connectivity index (χ1) is 26.0. The van der Waals surface area contributed by atoms with Crippen molar-refractivity contribution < 1.29 is 26.3 Å². The number of fused-ring (bicyclic) bond motifs is 7. The average Bonchev–Trinajstić information content (AvgIpc) is 3.70. The van der Waals surface area contributed by atoms with Crippen molar-refractivity contribution >= 4 is 43.6 Å². The number of halogens is 6. The number of aromatic nitrogens is 2. The number of nitriles is 1. The SMILES string of the molecule is N#Cc1cc(C(F)(F)F)cc(C(F)(F)F)c1-n1c2ccccc2c2ccc3c4ccccc4n(-c4cccc(-c5ccc(-c6ccccc6)cc5)c4)c3c21. The van der Waals surface area contributed by atoms with Gasteiger partial charge in [0.1, 0.15) is 6.07 Å². The van der Waals surface area contributed by atoms with Gasteiger partial charge in [-0.25, -0.2) is 0 Å². The molecule has 0 radical (unpaired) electrons. The largest absolute Gasteiger partial charge is 0.418 e. The molecule has 0 spiro atoms. The molecule has 9 heteroatoms.